The van der Waals surface area contributed by atoms with Gasteiger partial charge in [-0.3, -0.25) is 0 Å². The SMILES string of the molecule is N#Cc1nc(Cl)c(CCl)cc1C(F)F. The number of aromatic nitrogens is 1. The van der Waals surface area contributed by atoms with Crippen molar-refractivity contribution in [3.05, 3.63) is 28.0 Å². The number of rotatable bonds is 2. The summed E-state index contributed by atoms with van der Waals surface area (Å²) >= 11 is 11.0. The maximum absolute atomic E-state index is 12.4. The molecule has 0 spiro atoms. The van der Waals surface area contributed by atoms with E-state index in [-0.39, 0.29) is 16.7 Å². The molecule has 0 aromatic carbocycles. The van der Waals surface area contributed by atoms with Crippen LogP contribution in [0.5, 0.6) is 0 Å². The number of hydrogen-bond donors (Lipinski definition) is 0. The third kappa shape index (κ3) is 2.11. The second-order valence-electron chi connectivity index (χ2n) is 2.42. The molecule has 2 nitrogen and oxygen atoms in total. The Bertz CT molecular complexity index is 388. The van der Waals surface area contributed by atoms with E-state index >= 15 is 0 Å². The molecule has 0 bridgehead atoms. The molecule has 0 amide bonds. The zero-order valence-corrected chi connectivity index (χ0v) is 8.28. The van der Waals surface area contributed by atoms with Gasteiger partial charge in [0.25, 0.3) is 6.43 Å². The molecule has 1 aromatic rings. The Morgan fingerprint density at radius 2 is 2.21 bits per heavy atom. The molecule has 0 fully saturated rings. The smallest absolute Gasteiger partial charge is 0.225 e. The summed E-state index contributed by atoms with van der Waals surface area (Å²) in [5, 5.41) is 8.50. The van der Waals surface area contributed by atoms with Crippen LogP contribution in [0, 0.1) is 11.3 Å². The first-order valence-corrected chi connectivity index (χ1v) is 4.45. The van der Waals surface area contributed by atoms with Crippen molar-refractivity contribution in [2.45, 2.75) is 12.3 Å². The van der Waals surface area contributed by atoms with Crippen molar-refractivity contribution in [2.75, 3.05) is 0 Å². The largest absolute Gasteiger partial charge is 0.266 e. The minimum atomic E-state index is -2.75. The van der Waals surface area contributed by atoms with Crippen LogP contribution in [0.15, 0.2) is 6.07 Å². The molecule has 0 radical (unpaired) electrons. The first-order valence-electron chi connectivity index (χ1n) is 3.53. The van der Waals surface area contributed by atoms with Gasteiger partial charge in [0.1, 0.15) is 11.2 Å². The normalized spacial score (nSPS) is 10.3. The summed E-state index contributed by atoms with van der Waals surface area (Å²) in [5.74, 6) is -0.0166. The maximum Gasteiger partial charge on any atom is 0.266 e. The van der Waals surface area contributed by atoms with Gasteiger partial charge in [0, 0.05) is 5.56 Å². The number of pyridine rings is 1. The van der Waals surface area contributed by atoms with Crippen molar-refractivity contribution in [1.82, 2.24) is 4.98 Å². The third-order valence-corrected chi connectivity index (χ3v) is 2.18. The molecule has 14 heavy (non-hydrogen) atoms. The minimum Gasteiger partial charge on any atom is -0.225 e. The van der Waals surface area contributed by atoms with Crippen LogP contribution >= 0.6 is 23.2 Å². The van der Waals surface area contributed by atoms with Crippen LogP contribution in [0.2, 0.25) is 5.15 Å². The molecular weight excluding hydrogens is 233 g/mol. The Hall–Kier alpha value is -0.920. The second kappa shape index (κ2) is 4.54. The van der Waals surface area contributed by atoms with Gasteiger partial charge in [-0.15, -0.1) is 11.6 Å². The van der Waals surface area contributed by atoms with E-state index in [1.807, 2.05) is 0 Å². The number of alkyl halides is 3. The van der Waals surface area contributed by atoms with Gasteiger partial charge in [0.05, 0.1) is 11.4 Å². The van der Waals surface area contributed by atoms with Gasteiger partial charge < -0.3 is 0 Å². The zero-order chi connectivity index (χ0) is 10.7. The maximum atomic E-state index is 12.4. The topological polar surface area (TPSA) is 36.7 Å². The van der Waals surface area contributed by atoms with Crippen LogP contribution in [0.3, 0.4) is 0 Å². The van der Waals surface area contributed by atoms with Crippen molar-refractivity contribution >= 4 is 23.2 Å². The van der Waals surface area contributed by atoms with Crippen LogP contribution < -0.4 is 0 Å². The van der Waals surface area contributed by atoms with Crippen LogP contribution in [-0.4, -0.2) is 4.98 Å². The van der Waals surface area contributed by atoms with E-state index in [1.165, 1.54) is 0 Å². The van der Waals surface area contributed by atoms with E-state index in [0.717, 1.165) is 6.07 Å². The van der Waals surface area contributed by atoms with E-state index in [2.05, 4.69) is 4.98 Å². The molecular formula is C8H4Cl2F2N2. The van der Waals surface area contributed by atoms with Crippen LogP contribution in [-0.2, 0) is 5.88 Å². The van der Waals surface area contributed by atoms with Crippen molar-refractivity contribution in [3.8, 4) is 6.07 Å². The van der Waals surface area contributed by atoms with Crippen molar-refractivity contribution < 1.29 is 8.78 Å². The molecule has 0 aliphatic heterocycles. The molecule has 1 rings (SSSR count). The first-order chi connectivity index (χ1) is 6.60. The summed E-state index contributed by atoms with van der Waals surface area (Å²) in [6.07, 6.45) is -2.75. The van der Waals surface area contributed by atoms with E-state index in [1.54, 1.807) is 6.07 Å². The van der Waals surface area contributed by atoms with Crippen LogP contribution in [0.25, 0.3) is 0 Å². The summed E-state index contributed by atoms with van der Waals surface area (Å²) in [4.78, 5) is 3.52. The van der Waals surface area contributed by atoms with E-state index < -0.39 is 12.0 Å². The van der Waals surface area contributed by atoms with Crippen LogP contribution in [0.1, 0.15) is 23.2 Å². The molecule has 74 valence electrons. The molecule has 0 saturated carbocycles. The standard InChI is InChI=1S/C8H4Cl2F2N2/c9-2-4-1-5(8(11)12)6(3-13)14-7(4)10/h1,8H,2H2. The Balaban J connectivity index is 3.34. The highest BCUT2D eigenvalue weighted by molar-refractivity contribution is 6.31. The highest BCUT2D eigenvalue weighted by atomic mass is 35.5. The summed E-state index contributed by atoms with van der Waals surface area (Å²) in [6.45, 7) is 0. The van der Waals surface area contributed by atoms with E-state index in [0.29, 0.717) is 5.56 Å². The zero-order valence-electron chi connectivity index (χ0n) is 6.77. The van der Waals surface area contributed by atoms with Gasteiger partial charge in [-0.25, -0.2) is 13.8 Å². The predicted molar refractivity (Wildman–Crippen MR) is 48.5 cm³/mol. The molecule has 0 N–H and O–H groups in total. The van der Waals surface area contributed by atoms with Gasteiger partial charge in [-0.05, 0) is 6.07 Å². The lowest BCUT2D eigenvalue weighted by atomic mass is 10.1. The molecule has 6 heteroatoms. The molecule has 0 unspecified atom stereocenters. The number of halogens is 4. The van der Waals surface area contributed by atoms with E-state index in [4.69, 9.17) is 28.5 Å². The lowest BCUT2D eigenvalue weighted by Crippen LogP contribution is -1.98. The van der Waals surface area contributed by atoms with Gasteiger partial charge >= 0.3 is 0 Å². The summed E-state index contributed by atoms with van der Waals surface area (Å²) < 4.78 is 24.8. The van der Waals surface area contributed by atoms with Gasteiger partial charge in [-0.2, -0.15) is 5.26 Å². The number of hydrogen-bond acceptors (Lipinski definition) is 2. The van der Waals surface area contributed by atoms with Gasteiger partial charge in [0.2, 0.25) is 0 Å². The van der Waals surface area contributed by atoms with Crippen molar-refractivity contribution in [1.29, 1.82) is 5.26 Å². The highest BCUT2D eigenvalue weighted by Gasteiger charge is 2.17. The fourth-order valence-electron chi connectivity index (χ4n) is 0.900. The summed E-state index contributed by atoms with van der Waals surface area (Å²) in [5.41, 5.74) is -0.506. The monoisotopic (exact) mass is 236 g/mol. The van der Waals surface area contributed by atoms with E-state index in [9.17, 15) is 8.78 Å². The van der Waals surface area contributed by atoms with Gasteiger partial charge in [0.15, 0.2) is 5.69 Å². The van der Waals surface area contributed by atoms with Crippen LogP contribution in [0.4, 0.5) is 8.78 Å². The molecule has 0 saturated heterocycles. The third-order valence-electron chi connectivity index (χ3n) is 1.56. The molecule has 1 heterocycles. The first kappa shape index (κ1) is 11.2. The Morgan fingerprint density at radius 1 is 1.57 bits per heavy atom. The lowest BCUT2D eigenvalue weighted by molar-refractivity contribution is 0.150. The Labute approximate surface area is 89.1 Å². The fourth-order valence-corrected chi connectivity index (χ4v) is 1.38. The highest BCUT2D eigenvalue weighted by Crippen LogP contribution is 2.26. The summed E-state index contributed by atoms with van der Waals surface area (Å²) in [7, 11) is 0. The predicted octanol–water partition coefficient (Wildman–Crippen LogP) is 3.28. The number of nitriles is 1. The molecule has 1 aromatic heterocycles. The molecule has 0 atom stereocenters. The summed E-state index contributed by atoms with van der Waals surface area (Å²) in [6, 6.07) is 2.65. The molecule has 0 aliphatic carbocycles. The Kier molecular flexibility index (Phi) is 3.62. The minimum absolute atomic E-state index is 0.0130. The second-order valence-corrected chi connectivity index (χ2v) is 3.05. The molecule has 0 aliphatic rings. The number of nitrogens with zero attached hydrogens (tertiary/aromatic N) is 2. The Morgan fingerprint density at radius 3 is 2.64 bits per heavy atom. The quantitative estimate of drug-likeness (QED) is 0.584. The average Bonchev–Trinajstić information content (AvgIpc) is 2.16. The van der Waals surface area contributed by atoms with Gasteiger partial charge in [-0.1, -0.05) is 11.6 Å². The average molecular weight is 237 g/mol. The lowest BCUT2D eigenvalue weighted by Gasteiger charge is -2.05. The fraction of sp³-hybridized carbons (Fsp3) is 0.250. The van der Waals surface area contributed by atoms with Crippen molar-refractivity contribution in [3.63, 3.8) is 0 Å². The van der Waals surface area contributed by atoms with Crippen molar-refractivity contribution in [2.24, 2.45) is 0 Å².